The third-order valence-electron chi connectivity index (χ3n) is 3.64. The molecule has 0 saturated carbocycles. The largest absolute Gasteiger partial charge is 0.481 e. The summed E-state index contributed by atoms with van der Waals surface area (Å²) < 4.78 is 1.63. The van der Waals surface area contributed by atoms with Gasteiger partial charge in [0, 0.05) is 37.1 Å². The second kappa shape index (κ2) is 6.66. The first-order valence-electron chi connectivity index (χ1n) is 7.36. The van der Waals surface area contributed by atoms with Crippen molar-refractivity contribution in [2.24, 2.45) is 12.5 Å². The summed E-state index contributed by atoms with van der Waals surface area (Å²) in [4.78, 5) is 39.3. The van der Waals surface area contributed by atoms with Crippen LogP contribution in [0.2, 0.25) is 0 Å². The minimum Gasteiger partial charge on any atom is -0.481 e. The van der Waals surface area contributed by atoms with Crippen LogP contribution in [0.15, 0.2) is 36.7 Å². The number of aromatic nitrogens is 2. The van der Waals surface area contributed by atoms with Crippen LogP contribution >= 0.6 is 0 Å². The zero-order valence-corrected chi connectivity index (χ0v) is 13.7. The highest BCUT2D eigenvalue weighted by atomic mass is 16.4. The van der Waals surface area contributed by atoms with Gasteiger partial charge in [-0.3, -0.25) is 14.4 Å². The average Bonchev–Trinajstić information content (AvgIpc) is 2.92. The fraction of sp³-hybridized carbons (Fsp3) is 0.294. The molecular weight excluding hydrogens is 310 g/mol. The number of imidazole rings is 1. The SMILES string of the molecule is Cn1ccnc1C(=O)c1ccc(NC(=O)CC(C)(C)C(=O)O)cc1. The maximum Gasteiger partial charge on any atom is 0.309 e. The number of carbonyl (C=O) groups is 3. The molecule has 0 aliphatic rings. The Balaban J connectivity index is 2.05. The molecule has 2 N–H and O–H groups in total. The number of amides is 1. The lowest BCUT2D eigenvalue weighted by Gasteiger charge is -2.18. The lowest BCUT2D eigenvalue weighted by molar-refractivity contribution is -0.148. The number of carboxylic acid groups (broad SMARTS) is 1. The molecule has 1 aromatic heterocycles. The molecule has 7 nitrogen and oxygen atoms in total. The summed E-state index contributed by atoms with van der Waals surface area (Å²) in [5, 5.41) is 11.7. The van der Waals surface area contributed by atoms with Gasteiger partial charge >= 0.3 is 5.97 Å². The van der Waals surface area contributed by atoms with Gasteiger partial charge < -0.3 is 15.0 Å². The minimum absolute atomic E-state index is 0.143. The molecule has 0 aliphatic carbocycles. The molecule has 1 heterocycles. The first-order chi connectivity index (χ1) is 11.2. The fourth-order valence-electron chi connectivity index (χ4n) is 2.10. The van der Waals surface area contributed by atoms with Gasteiger partial charge in [-0.25, -0.2) is 4.98 Å². The van der Waals surface area contributed by atoms with E-state index in [1.54, 1.807) is 48.3 Å². The number of nitrogens with one attached hydrogen (secondary N) is 1. The molecule has 0 fully saturated rings. The van der Waals surface area contributed by atoms with Crippen molar-refractivity contribution < 1.29 is 19.5 Å². The molecule has 1 amide bonds. The van der Waals surface area contributed by atoms with E-state index in [0.717, 1.165) is 0 Å². The van der Waals surface area contributed by atoms with Crippen molar-refractivity contribution in [2.75, 3.05) is 5.32 Å². The molecule has 7 heteroatoms. The predicted octanol–water partition coefficient (Wildman–Crippen LogP) is 2.09. The predicted molar refractivity (Wildman–Crippen MR) is 87.7 cm³/mol. The molecule has 0 spiro atoms. The number of nitrogens with zero attached hydrogens (tertiary/aromatic N) is 2. The van der Waals surface area contributed by atoms with Gasteiger partial charge in [0.05, 0.1) is 5.41 Å². The summed E-state index contributed by atoms with van der Waals surface area (Å²) in [5.74, 6) is -1.32. The molecule has 0 radical (unpaired) electrons. The Morgan fingerprint density at radius 3 is 2.33 bits per heavy atom. The van der Waals surface area contributed by atoms with Crippen molar-refractivity contribution in [1.29, 1.82) is 0 Å². The molecular formula is C17H19N3O4. The summed E-state index contributed by atoms with van der Waals surface area (Å²) in [6, 6.07) is 6.38. The number of carboxylic acids is 1. The maximum atomic E-state index is 12.3. The van der Waals surface area contributed by atoms with Crippen LogP contribution in [0.1, 0.15) is 36.5 Å². The van der Waals surface area contributed by atoms with Crippen LogP contribution in [0.3, 0.4) is 0 Å². The van der Waals surface area contributed by atoms with Gasteiger partial charge in [0.2, 0.25) is 11.7 Å². The quantitative estimate of drug-likeness (QED) is 0.790. The summed E-state index contributed by atoms with van der Waals surface area (Å²) in [5.41, 5.74) is -0.191. The van der Waals surface area contributed by atoms with Gasteiger partial charge in [0.1, 0.15) is 0 Å². The number of hydrogen-bond donors (Lipinski definition) is 2. The average molecular weight is 329 g/mol. The number of ketones is 1. The van der Waals surface area contributed by atoms with Crippen molar-refractivity contribution in [3.63, 3.8) is 0 Å². The van der Waals surface area contributed by atoms with E-state index < -0.39 is 17.3 Å². The highest BCUT2D eigenvalue weighted by molar-refractivity contribution is 6.07. The van der Waals surface area contributed by atoms with E-state index in [2.05, 4.69) is 10.3 Å². The van der Waals surface area contributed by atoms with Gasteiger partial charge in [-0.2, -0.15) is 0 Å². The summed E-state index contributed by atoms with van der Waals surface area (Å²) >= 11 is 0. The van der Waals surface area contributed by atoms with Gasteiger partial charge in [0.15, 0.2) is 5.82 Å². The smallest absolute Gasteiger partial charge is 0.309 e. The van der Waals surface area contributed by atoms with E-state index in [9.17, 15) is 14.4 Å². The standard InChI is InChI=1S/C17H19N3O4/c1-17(2,16(23)24)10-13(21)19-12-6-4-11(5-7-12)14(22)15-18-8-9-20(15)3/h4-9H,10H2,1-3H3,(H,19,21)(H,23,24). The Bertz CT molecular complexity index is 775. The van der Waals surface area contributed by atoms with Crippen LogP contribution in [-0.4, -0.2) is 32.3 Å². The van der Waals surface area contributed by atoms with E-state index in [1.807, 2.05) is 0 Å². The molecule has 0 unspecified atom stereocenters. The van der Waals surface area contributed by atoms with Crippen LogP contribution in [0.4, 0.5) is 5.69 Å². The van der Waals surface area contributed by atoms with E-state index >= 15 is 0 Å². The molecule has 1 aromatic carbocycles. The molecule has 126 valence electrons. The maximum absolute atomic E-state index is 12.3. The Kier molecular flexibility index (Phi) is 4.82. The van der Waals surface area contributed by atoms with Crippen molar-refractivity contribution in [3.05, 3.63) is 48.0 Å². The number of hydrogen-bond acceptors (Lipinski definition) is 4. The Hall–Kier alpha value is -2.96. The van der Waals surface area contributed by atoms with Crippen LogP contribution in [0.25, 0.3) is 0 Å². The number of carbonyl (C=O) groups excluding carboxylic acids is 2. The van der Waals surface area contributed by atoms with Gasteiger partial charge in [-0.1, -0.05) is 0 Å². The third-order valence-corrected chi connectivity index (χ3v) is 3.64. The van der Waals surface area contributed by atoms with Crippen LogP contribution in [-0.2, 0) is 16.6 Å². The van der Waals surface area contributed by atoms with Gasteiger partial charge in [-0.05, 0) is 38.1 Å². The molecule has 24 heavy (non-hydrogen) atoms. The van der Waals surface area contributed by atoms with Crippen molar-refractivity contribution in [3.8, 4) is 0 Å². The van der Waals surface area contributed by atoms with Crippen molar-refractivity contribution >= 4 is 23.3 Å². The molecule has 0 aliphatic heterocycles. The summed E-state index contributed by atoms with van der Waals surface area (Å²) in [7, 11) is 1.74. The lowest BCUT2D eigenvalue weighted by atomic mass is 9.89. The summed E-state index contributed by atoms with van der Waals surface area (Å²) in [6.07, 6.45) is 3.09. The normalized spacial score (nSPS) is 11.1. The second-order valence-electron chi connectivity index (χ2n) is 6.18. The van der Waals surface area contributed by atoms with Crippen LogP contribution in [0.5, 0.6) is 0 Å². The second-order valence-corrected chi connectivity index (χ2v) is 6.18. The van der Waals surface area contributed by atoms with Crippen LogP contribution in [0, 0.1) is 5.41 Å². The zero-order chi connectivity index (χ0) is 17.9. The van der Waals surface area contributed by atoms with Gasteiger partial charge in [-0.15, -0.1) is 0 Å². The number of aliphatic carboxylic acids is 1. The summed E-state index contributed by atoms with van der Waals surface area (Å²) in [6.45, 7) is 2.98. The lowest BCUT2D eigenvalue weighted by Crippen LogP contribution is -2.29. The molecule has 0 saturated heterocycles. The first kappa shape index (κ1) is 17.4. The Labute approximate surface area is 139 Å². The van der Waals surface area contributed by atoms with E-state index in [4.69, 9.17) is 5.11 Å². The first-order valence-corrected chi connectivity index (χ1v) is 7.36. The Morgan fingerprint density at radius 2 is 1.83 bits per heavy atom. The van der Waals surface area contributed by atoms with E-state index in [-0.39, 0.29) is 12.2 Å². The van der Waals surface area contributed by atoms with Gasteiger partial charge in [0.25, 0.3) is 0 Å². The van der Waals surface area contributed by atoms with Crippen molar-refractivity contribution in [1.82, 2.24) is 9.55 Å². The highest BCUT2D eigenvalue weighted by Crippen LogP contribution is 2.21. The monoisotopic (exact) mass is 329 g/mol. The molecule has 0 atom stereocenters. The number of aryl methyl sites for hydroxylation is 1. The third kappa shape index (κ3) is 3.87. The molecule has 2 aromatic rings. The number of benzene rings is 1. The fourth-order valence-corrected chi connectivity index (χ4v) is 2.10. The van der Waals surface area contributed by atoms with Crippen LogP contribution < -0.4 is 5.32 Å². The minimum atomic E-state index is -1.14. The zero-order valence-electron chi connectivity index (χ0n) is 13.7. The number of rotatable bonds is 6. The van der Waals surface area contributed by atoms with Crippen molar-refractivity contribution in [2.45, 2.75) is 20.3 Å². The van der Waals surface area contributed by atoms with E-state index in [1.165, 1.54) is 13.8 Å². The Morgan fingerprint density at radius 1 is 1.21 bits per heavy atom. The number of anilines is 1. The topological polar surface area (TPSA) is 101 Å². The molecule has 0 bridgehead atoms. The highest BCUT2D eigenvalue weighted by Gasteiger charge is 2.30. The molecule has 2 rings (SSSR count). The van der Waals surface area contributed by atoms with E-state index in [0.29, 0.717) is 17.1 Å².